The molecule has 0 saturated carbocycles. The van der Waals surface area contributed by atoms with E-state index in [-0.39, 0.29) is 18.1 Å². The third-order valence-corrected chi connectivity index (χ3v) is 3.01. The molecule has 3 rings (SSSR count). The molecule has 0 bridgehead atoms. The van der Waals surface area contributed by atoms with Crippen molar-refractivity contribution in [2.24, 2.45) is 0 Å². The molecule has 0 radical (unpaired) electrons. The third kappa shape index (κ3) is 2.62. The lowest BCUT2D eigenvalue weighted by molar-refractivity contribution is -0.116. The zero-order chi connectivity index (χ0) is 14.8. The summed E-state index contributed by atoms with van der Waals surface area (Å²) < 4.78 is 1.36. The van der Waals surface area contributed by atoms with Crippen LogP contribution in [-0.2, 0) is 11.3 Å². The van der Waals surface area contributed by atoms with Crippen LogP contribution in [0.2, 0.25) is 0 Å². The number of carboxylic acid groups (broad SMARTS) is 1. The predicted molar refractivity (Wildman–Crippen MR) is 76.1 cm³/mol. The number of nitrogens with one attached hydrogen (secondary N) is 2. The highest BCUT2D eigenvalue weighted by atomic mass is 16.4. The standard InChI is InChI=1S/C14H12N4O3/c19-12(8-18-7-3-6-11(18)13(20)21)17-14-15-9-4-1-2-5-10(9)16-14/h1-7H,8H2,(H,20,21)(H2,15,16,17,19). The van der Waals surface area contributed by atoms with Crippen LogP contribution in [0.3, 0.4) is 0 Å². The molecular weight excluding hydrogens is 272 g/mol. The summed E-state index contributed by atoms with van der Waals surface area (Å²) in [6, 6.07) is 10.4. The predicted octanol–water partition coefficient (Wildman–Crippen LogP) is 1.70. The normalized spacial score (nSPS) is 10.7. The summed E-state index contributed by atoms with van der Waals surface area (Å²) in [7, 11) is 0. The average molecular weight is 284 g/mol. The Kier molecular flexibility index (Phi) is 3.15. The number of carboxylic acids is 1. The van der Waals surface area contributed by atoms with Crippen LogP contribution < -0.4 is 5.32 Å². The third-order valence-electron chi connectivity index (χ3n) is 3.01. The number of aromatic amines is 1. The van der Waals surface area contributed by atoms with E-state index < -0.39 is 5.97 Å². The summed E-state index contributed by atoms with van der Waals surface area (Å²) >= 11 is 0. The second kappa shape index (κ2) is 5.12. The van der Waals surface area contributed by atoms with Gasteiger partial charge in [0, 0.05) is 6.20 Å². The Labute approximate surface area is 119 Å². The number of aromatic carboxylic acids is 1. The van der Waals surface area contributed by atoms with Crippen molar-refractivity contribution in [2.45, 2.75) is 6.54 Å². The fourth-order valence-corrected chi connectivity index (χ4v) is 2.08. The smallest absolute Gasteiger partial charge is 0.352 e. The van der Waals surface area contributed by atoms with Crippen molar-refractivity contribution in [3.63, 3.8) is 0 Å². The number of carbonyl (C=O) groups excluding carboxylic acids is 1. The topological polar surface area (TPSA) is 100 Å². The number of hydrogen-bond acceptors (Lipinski definition) is 3. The molecule has 2 heterocycles. The number of H-pyrrole nitrogens is 1. The van der Waals surface area contributed by atoms with Gasteiger partial charge in [0.25, 0.3) is 0 Å². The summed E-state index contributed by atoms with van der Waals surface area (Å²) in [5.74, 6) is -1.09. The zero-order valence-electron chi connectivity index (χ0n) is 10.9. The van der Waals surface area contributed by atoms with Crippen LogP contribution in [0.15, 0.2) is 42.6 Å². The first-order valence-corrected chi connectivity index (χ1v) is 6.26. The molecule has 0 unspecified atom stereocenters. The van der Waals surface area contributed by atoms with Gasteiger partial charge in [-0.1, -0.05) is 12.1 Å². The maximum absolute atomic E-state index is 11.9. The van der Waals surface area contributed by atoms with Crippen molar-refractivity contribution in [3.8, 4) is 0 Å². The van der Waals surface area contributed by atoms with E-state index in [9.17, 15) is 9.59 Å². The number of para-hydroxylation sites is 2. The molecule has 21 heavy (non-hydrogen) atoms. The quantitative estimate of drug-likeness (QED) is 0.678. The van der Waals surface area contributed by atoms with Crippen LogP contribution >= 0.6 is 0 Å². The zero-order valence-corrected chi connectivity index (χ0v) is 10.9. The van der Waals surface area contributed by atoms with Crippen molar-refractivity contribution < 1.29 is 14.7 Å². The van der Waals surface area contributed by atoms with Gasteiger partial charge < -0.3 is 14.7 Å². The highest BCUT2D eigenvalue weighted by molar-refractivity contribution is 5.92. The van der Waals surface area contributed by atoms with E-state index in [0.717, 1.165) is 11.0 Å². The summed E-state index contributed by atoms with van der Waals surface area (Å²) in [6.45, 7) is -0.0916. The maximum Gasteiger partial charge on any atom is 0.352 e. The number of aromatic nitrogens is 3. The van der Waals surface area contributed by atoms with Crippen LogP contribution in [-0.4, -0.2) is 31.5 Å². The summed E-state index contributed by atoms with van der Waals surface area (Å²) in [5.41, 5.74) is 1.63. The van der Waals surface area contributed by atoms with Gasteiger partial charge in [-0.3, -0.25) is 10.1 Å². The van der Waals surface area contributed by atoms with Gasteiger partial charge >= 0.3 is 5.97 Å². The Morgan fingerprint density at radius 2 is 2.05 bits per heavy atom. The van der Waals surface area contributed by atoms with Gasteiger partial charge in [-0.2, -0.15) is 0 Å². The maximum atomic E-state index is 11.9. The first-order chi connectivity index (χ1) is 10.1. The minimum Gasteiger partial charge on any atom is -0.477 e. The van der Waals surface area contributed by atoms with Crippen molar-refractivity contribution in [1.82, 2.24) is 14.5 Å². The molecule has 0 aliphatic heterocycles. The van der Waals surface area contributed by atoms with Crippen LogP contribution in [0.25, 0.3) is 11.0 Å². The Bertz CT molecular complexity index is 785. The highest BCUT2D eigenvalue weighted by Gasteiger charge is 2.12. The number of hydrogen-bond donors (Lipinski definition) is 3. The number of carbonyl (C=O) groups is 2. The second-order valence-electron chi connectivity index (χ2n) is 4.48. The van der Waals surface area contributed by atoms with E-state index in [2.05, 4.69) is 15.3 Å². The van der Waals surface area contributed by atoms with Gasteiger partial charge in [-0.15, -0.1) is 0 Å². The SMILES string of the molecule is O=C(Cn1cccc1C(=O)O)Nc1nc2ccccc2[nH]1. The largest absolute Gasteiger partial charge is 0.477 e. The molecule has 2 aromatic heterocycles. The Balaban J connectivity index is 1.74. The van der Waals surface area contributed by atoms with Gasteiger partial charge in [-0.25, -0.2) is 9.78 Å². The van der Waals surface area contributed by atoms with Crippen molar-refractivity contribution in [1.29, 1.82) is 0 Å². The molecule has 0 spiro atoms. The number of anilines is 1. The van der Waals surface area contributed by atoms with E-state index >= 15 is 0 Å². The van der Waals surface area contributed by atoms with Crippen LogP contribution in [0, 0.1) is 0 Å². The van der Waals surface area contributed by atoms with Gasteiger partial charge in [0.1, 0.15) is 12.2 Å². The molecule has 0 aliphatic carbocycles. The molecule has 0 atom stereocenters. The summed E-state index contributed by atoms with van der Waals surface area (Å²) in [6.07, 6.45) is 1.54. The Hall–Kier alpha value is -3.09. The fraction of sp³-hybridized carbons (Fsp3) is 0.0714. The molecule has 0 fully saturated rings. The van der Waals surface area contributed by atoms with Gasteiger partial charge in [0.05, 0.1) is 11.0 Å². The Morgan fingerprint density at radius 1 is 1.24 bits per heavy atom. The molecule has 3 aromatic rings. The molecule has 1 amide bonds. The second-order valence-corrected chi connectivity index (χ2v) is 4.48. The summed E-state index contributed by atoms with van der Waals surface area (Å²) in [5, 5.41) is 11.6. The van der Waals surface area contributed by atoms with E-state index in [0.29, 0.717) is 5.95 Å². The molecule has 0 saturated heterocycles. The first kappa shape index (κ1) is 12.9. The number of imidazole rings is 1. The number of benzene rings is 1. The summed E-state index contributed by atoms with van der Waals surface area (Å²) in [4.78, 5) is 30.1. The lowest BCUT2D eigenvalue weighted by atomic mass is 10.3. The molecule has 0 aliphatic rings. The minimum atomic E-state index is -1.07. The van der Waals surface area contributed by atoms with Gasteiger partial charge in [0.2, 0.25) is 11.9 Å². The number of rotatable bonds is 4. The van der Waals surface area contributed by atoms with Crippen LogP contribution in [0.5, 0.6) is 0 Å². The molecule has 7 heteroatoms. The molecule has 106 valence electrons. The van der Waals surface area contributed by atoms with Crippen molar-refractivity contribution in [3.05, 3.63) is 48.3 Å². The lowest BCUT2D eigenvalue weighted by Crippen LogP contribution is -2.21. The fourth-order valence-electron chi connectivity index (χ4n) is 2.08. The van der Waals surface area contributed by atoms with Gasteiger partial charge in [0.15, 0.2) is 0 Å². The van der Waals surface area contributed by atoms with E-state index in [1.807, 2.05) is 24.3 Å². The minimum absolute atomic E-state index is 0.0646. The molecule has 3 N–H and O–H groups in total. The molecule has 7 nitrogen and oxygen atoms in total. The first-order valence-electron chi connectivity index (χ1n) is 6.26. The lowest BCUT2D eigenvalue weighted by Gasteiger charge is -2.05. The van der Waals surface area contributed by atoms with Crippen molar-refractivity contribution in [2.75, 3.05) is 5.32 Å². The average Bonchev–Trinajstić information content (AvgIpc) is 3.03. The van der Waals surface area contributed by atoms with Crippen molar-refractivity contribution >= 4 is 28.9 Å². The Morgan fingerprint density at radius 3 is 2.81 bits per heavy atom. The number of amides is 1. The molecule has 1 aromatic carbocycles. The van der Waals surface area contributed by atoms with E-state index in [4.69, 9.17) is 5.11 Å². The monoisotopic (exact) mass is 284 g/mol. The van der Waals surface area contributed by atoms with Crippen LogP contribution in [0.4, 0.5) is 5.95 Å². The van der Waals surface area contributed by atoms with E-state index in [1.165, 1.54) is 10.6 Å². The number of nitrogens with zero attached hydrogens (tertiary/aromatic N) is 2. The number of fused-ring (bicyclic) bond motifs is 1. The van der Waals surface area contributed by atoms with Crippen LogP contribution in [0.1, 0.15) is 10.5 Å². The van der Waals surface area contributed by atoms with Gasteiger partial charge in [-0.05, 0) is 24.3 Å². The highest BCUT2D eigenvalue weighted by Crippen LogP contribution is 2.13. The van der Waals surface area contributed by atoms with E-state index in [1.54, 1.807) is 12.3 Å². The molecular formula is C14H12N4O3.